The molecule has 0 aromatic heterocycles. The highest BCUT2D eigenvalue weighted by Crippen LogP contribution is 2.35. The summed E-state index contributed by atoms with van der Waals surface area (Å²) in [7, 11) is 0. The Bertz CT molecular complexity index is 395. The minimum absolute atomic E-state index is 0.118. The second kappa shape index (κ2) is 4.90. The van der Waals surface area contributed by atoms with Crippen LogP contribution in [0, 0.1) is 0 Å². The number of nitrogens with one attached hydrogen (secondary N) is 1. The monoisotopic (exact) mass is 246 g/mol. The predicted octanol–water partition coefficient (Wildman–Crippen LogP) is 2.09. The first-order valence-corrected chi connectivity index (χ1v) is 6.99. The number of piperidine rings is 1. The summed E-state index contributed by atoms with van der Waals surface area (Å²) in [5.41, 5.74) is 1.00. The fourth-order valence-corrected chi connectivity index (χ4v) is 3.46. The molecule has 2 atom stereocenters. The summed E-state index contributed by atoms with van der Waals surface area (Å²) in [4.78, 5) is 2.58. The first-order valence-electron chi connectivity index (χ1n) is 6.99. The molecule has 2 aliphatic rings. The van der Waals surface area contributed by atoms with Gasteiger partial charge in [-0.05, 0) is 44.4 Å². The number of hydrogen-bond acceptors (Lipinski definition) is 3. The molecule has 2 heterocycles. The quantitative estimate of drug-likeness (QED) is 0.857. The molecule has 3 rings (SSSR count). The van der Waals surface area contributed by atoms with Crippen LogP contribution in [0.25, 0.3) is 0 Å². The van der Waals surface area contributed by atoms with Crippen molar-refractivity contribution in [1.29, 1.82) is 0 Å². The van der Waals surface area contributed by atoms with E-state index in [1.165, 1.54) is 19.4 Å². The van der Waals surface area contributed by atoms with Crippen LogP contribution >= 0.6 is 0 Å². The van der Waals surface area contributed by atoms with Crippen LogP contribution in [0.3, 0.4) is 0 Å². The van der Waals surface area contributed by atoms with Gasteiger partial charge in [0.05, 0.1) is 12.1 Å². The summed E-state index contributed by atoms with van der Waals surface area (Å²) < 4.78 is 0. The first-order chi connectivity index (χ1) is 8.81. The number of rotatable bonds is 3. The van der Waals surface area contributed by atoms with Crippen LogP contribution in [0.5, 0.6) is 0 Å². The van der Waals surface area contributed by atoms with Gasteiger partial charge in [0, 0.05) is 18.3 Å². The summed E-state index contributed by atoms with van der Waals surface area (Å²) in [5, 5.41) is 13.4. The van der Waals surface area contributed by atoms with Gasteiger partial charge < -0.3 is 15.3 Å². The Hall–Kier alpha value is -1.06. The fourth-order valence-electron chi connectivity index (χ4n) is 3.46. The third-order valence-corrected chi connectivity index (χ3v) is 4.49. The summed E-state index contributed by atoms with van der Waals surface area (Å²) in [6.07, 6.45) is 4.71. The van der Waals surface area contributed by atoms with Gasteiger partial charge in [-0.25, -0.2) is 0 Å². The molecule has 0 spiro atoms. The molecule has 98 valence electrons. The van der Waals surface area contributed by atoms with E-state index in [-0.39, 0.29) is 12.1 Å². The fraction of sp³-hybridized carbons (Fsp3) is 0.600. The highest BCUT2D eigenvalue weighted by molar-refractivity contribution is 5.45. The van der Waals surface area contributed by atoms with Crippen molar-refractivity contribution in [3.8, 4) is 0 Å². The van der Waals surface area contributed by atoms with Crippen molar-refractivity contribution in [2.75, 3.05) is 25.0 Å². The average Bonchev–Trinajstić information content (AvgIpc) is 2.87. The van der Waals surface area contributed by atoms with Crippen LogP contribution in [0.15, 0.2) is 30.3 Å². The van der Waals surface area contributed by atoms with E-state index < -0.39 is 0 Å². The number of benzene rings is 1. The number of anilines is 1. The van der Waals surface area contributed by atoms with Crippen molar-refractivity contribution in [2.24, 2.45) is 0 Å². The molecule has 2 saturated heterocycles. The molecule has 3 heteroatoms. The molecule has 0 amide bonds. The molecule has 2 unspecified atom stereocenters. The van der Waals surface area contributed by atoms with Crippen molar-refractivity contribution in [3.05, 3.63) is 30.3 Å². The number of aliphatic hydroxyl groups excluding tert-OH is 1. The molecular formula is C15H22N2O. The third kappa shape index (κ3) is 2.25. The van der Waals surface area contributed by atoms with E-state index in [9.17, 15) is 5.11 Å². The Morgan fingerprint density at radius 3 is 2.89 bits per heavy atom. The lowest BCUT2D eigenvalue weighted by atomic mass is 9.83. The summed E-state index contributed by atoms with van der Waals surface area (Å²) in [6.45, 7) is 2.59. The lowest BCUT2D eigenvalue weighted by Gasteiger charge is -2.44. The zero-order valence-corrected chi connectivity index (χ0v) is 10.8. The molecule has 2 fully saturated rings. The van der Waals surface area contributed by atoms with Crippen LogP contribution in [-0.2, 0) is 0 Å². The Kier molecular flexibility index (Phi) is 3.27. The number of hydrogen-bond donors (Lipinski definition) is 2. The van der Waals surface area contributed by atoms with Gasteiger partial charge in [-0.2, -0.15) is 0 Å². The zero-order valence-electron chi connectivity index (χ0n) is 10.8. The highest BCUT2D eigenvalue weighted by atomic mass is 16.3. The van der Waals surface area contributed by atoms with Gasteiger partial charge in [-0.1, -0.05) is 18.2 Å². The van der Waals surface area contributed by atoms with E-state index >= 15 is 0 Å². The van der Waals surface area contributed by atoms with Crippen LogP contribution in [0.2, 0.25) is 0 Å². The molecular weight excluding hydrogens is 224 g/mol. The second-order valence-electron chi connectivity index (χ2n) is 5.72. The molecule has 3 nitrogen and oxygen atoms in total. The van der Waals surface area contributed by atoms with Crippen molar-refractivity contribution in [2.45, 2.75) is 37.3 Å². The van der Waals surface area contributed by atoms with Gasteiger partial charge in [-0.3, -0.25) is 0 Å². The molecule has 0 saturated carbocycles. The molecule has 2 N–H and O–H groups in total. The maximum Gasteiger partial charge on any atom is 0.0662 e. The van der Waals surface area contributed by atoms with Gasteiger partial charge >= 0.3 is 0 Å². The van der Waals surface area contributed by atoms with Crippen LogP contribution in [0.4, 0.5) is 5.69 Å². The Morgan fingerprint density at radius 1 is 1.28 bits per heavy atom. The normalized spacial score (nSPS) is 32.2. The maximum atomic E-state index is 9.84. The third-order valence-electron chi connectivity index (χ3n) is 4.49. The lowest BCUT2D eigenvalue weighted by Crippen LogP contribution is -2.54. The highest BCUT2D eigenvalue weighted by Gasteiger charge is 2.41. The largest absolute Gasteiger partial charge is 0.394 e. The summed E-state index contributed by atoms with van der Waals surface area (Å²) >= 11 is 0. The minimum atomic E-state index is -0.118. The van der Waals surface area contributed by atoms with Crippen molar-refractivity contribution in [3.63, 3.8) is 0 Å². The van der Waals surface area contributed by atoms with Gasteiger partial charge in [-0.15, -0.1) is 0 Å². The SMILES string of the molecule is OCC1(Nc2ccccc2)CCN2CCCC2C1. The van der Waals surface area contributed by atoms with Crippen molar-refractivity contribution < 1.29 is 5.11 Å². The van der Waals surface area contributed by atoms with Gasteiger partial charge in [0.1, 0.15) is 0 Å². The van der Waals surface area contributed by atoms with E-state index in [2.05, 4.69) is 22.3 Å². The average molecular weight is 246 g/mol. The number of nitrogens with zero attached hydrogens (tertiary/aromatic N) is 1. The first kappa shape index (κ1) is 12.0. The second-order valence-corrected chi connectivity index (χ2v) is 5.72. The molecule has 0 radical (unpaired) electrons. The molecule has 0 aliphatic carbocycles. The molecule has 1 aromatic carbocycles. The predicted molar refractivity (Wildman–Crippen MR) is 73.7 cm³/mol. The summed E-state index contributed by atoms with van der Waals surface area (Å²) in [5.74, 6) is 0. The van der Waals surface area contributed by atoms with Crippen molar-refractivity contribution in [1.82, 2.24) is 4.90 Å². The zero-order chi connectivity index (χ0) is 12.4. The smallest absolute Gasteiger partial charge is 0.0662 e. The van der Waals surface area contributed by atoms with Crippen LogP contribution in [0.1, 0.15) is 25.7 Å². The summed E-state index contributed by atoms with van der Waals surface area (Å²) in [6, 6.07) is 10.9. The maximum absolute atomic E-state index is 9.84. The Balaban J connectivity index is 1.74. The van der Waals surface area contributed by atoms with E-state index in [0.717, 1.165) is 25.1 Å². The van der Waals surface area contributed by atoms with Gasteiger partial charge in [0.2, 0.25) is 0 Å². The van der Waals surface area contributed by atoms with Crippen LogP contribution < -0.4 is 5.32 Å². The number of para-hydroxylation sites is 1. The van der Waals surface area contributed by atoms with E-state index in [4.69, 9.17) is 0 Å². The Labute approximate surface area is 109 Å². The lowest BCUT2D eigenvalue weighted by molar-refractivity contribution is 0.0964. The standard InChI is InChI=1S/C15H22N2O/c18-12-15(16-13-5-2-1-3-6-13)8-10-17-9-4-7-14(17)11-15/h1-3,5-6,14,16,18H,4,7-12H2. The van der Waals surface area contributed by atoms with E-state index in [0.29, 0.717) is 6.04 Å². The van der Waals surface area contributed by atoms with E-state index in [1.54, 1.807) is 0 Å². The van der Waals surface area contributed by atoms with Crippen molar-refractivity contribution >= 4 is 5.69 Å². The van der Waals surface area contributed by atoms with E-state index in [1.807, 2.05) is 18.2 Å². The molecule has 2 aliphatic heterocycles. The van der Waals surface area contributed by atoms with Gasteiger partial charge in [0.25, 0.3) is 0 Å². The number of aliphatic hydroxyl groups is 1. The number of fused-ring (bicyclic) bond motifs is 1. The van der Waals surface area contributed by atoms with Crippen LogP contribution in [-0.4, -0.2) is 41.3 Å². The van der Waals surface area contributed by atoms with Gasteiger partial charge in [0.15, 0.2) is 0 Å². The topological polar surface area (TPSA) is 35.5 Å². The Morgan fingerprint density at radius 2 is 2.11 bits per heavy atom. The minimum Gasteiger partial charge on any atom is -0.394 e. The molecule has 18 heavy (non-hydrogen) atoms. The molecule has 0 bridgehead atoms. The molecule has 1 aromatic rings.